The molecule has 0 fully saturated rings. The monoisotopic (exact) mass is 409 g/mol. The molecule has 2 amide bonds. The second-order valence-corrected chi connectivity index (χ2v) is 9.28. The maximum atomic E-state index is 12.7. The number of thioether (sulfide) groups is 1. The third-order valence-corrected chi connectivity index (χ3v) is 6.86. The molecule has 0 atom stereocenters. The number of benzene rings is 2. The Morgan fingerprint density at radius 2 is 1.83 bits per heavy atom. The third kappa shape index (κ3) is 4.33. The molecule has 152 valence electrons. The van der Waals surface area contributed by atoms with Crippen LogP contribution in [0.4, 0.5) is 5.69 Å². The van der Waals surface area contributed by atoms with Gasteiger partial charge in [0.15, 0.2) is 0 Å². The van der Waals surface area contributed by atoms with E-state index in [4.69, 9.17) is 0 Å². The van der Waals surface area contributed by atoms with Gasteiger partial charge in [-0.05, 0) is 43.5 Å². The molecule has 0 aromatic heterocycles. The Bertz CT molecular complexity index is 928. The standard InChI is InChI=1S/C23H27N3O2S/c1-23(2,25-12-11-17-7-3-4-8-18(17)13-25)16-24-21(27)14-26-19-9-5-6-10-20(19)29-15-22(26)28/h3-10H,11-16H2,1-2H3,(H,24,27). The van der Waals surface area contributed by atoms with Crippen LogP contribution in [0, 0.1) is 0 Å². The predicted molar refractivity (Wildman–Crippen MR) is 117 cm³/mol. The van der Waals surface area contributed by atoms with Gasteiger partial charge in [-0.25, -0.2) is 0 Å². The number of amides is 2. The highest BCUT2D eigenvalue weighted by atomic mass is 32.2. The lowest BCUT2D eigenvalue weighted by Crippen LogP contribution is -2.54. The van der Waals surface area contributed by atoms with Crippen LogP contribution in [0.15, 0.2) is 53.4 Å². The van der Waals surface area contributed by atoms with Crippen LogP contribution >= 0.6 is 11.8 Å². The van der Waals surface area contributed by atoms with Crippen LogP contribution in [-0.4, -0.2) is 47.6 Å². The number of nitrogens with zero attached hydrogens (tertiary/aromatic N) is 2. The first-order valence-electron chi connectivity index (χ1n) is 10.0. The van der Waals surface area contributed by atoms with E-state index in [0.717, 1.165) is 30.1 Å². The molecule has 0 aliphatic carbocycles. The van der Waals surface area contributed by atoms with E-state index >= 15 is 0 Å². The molecule has 2 aromatic carbocycles. The summed E-state index contributed by atoms with van der Waals surface area (Å²) in [5.74, 6) is 0.240. The van der Waals surface area contributed by atoms with E-state index in [2.05, 4.69) is 48.3 Å². The molecular formula is C23H27N3O2S. The Labute approximate surface area is 176 Å². The zero-order valence-electron chi connectivity index (χ0n) is 17.0. The molecule has 2 aliphatic heterocycles. The van der Waals surface area contributed by atoms with Crippen molar-refractivity contribution in [3.05, 3.63) is 59.7 Å². The summed E-state index contributed by atoms with van der Waals surface area (Å²) in [5, 5.41) is 3.06. The number of fused-ring (bicyclic) bond motifs is 2. The minimum absolute atomic E-state index is 0.0178. The van der Waals surface area contributed by atoms with Crippen molar-refractivity contribution in [3.63, 3.8) is 0 Å². The van der Waals surface area contributed by atoms with Crippen molar-refractivity contribution < 1.29 is 9.59 Å². The van der Waals surface area contributed by atoms with Crippen molar-refractivity contribution in [1.29, 1.82) is 0 Å². The number of nitrogens with one attached hydrogen (secondary N) is 1. The molecule has 0 unspecified atom stereocenters. The number of para-hydroxylation sites is 1. The van der Waals surface area contributed by atoms with Crippen molar-refractivity contribution in [2.75, 3.05) is 30.3 Å². The fourth-order valence-corrected chi connectivity index (χ4v) is 4.90. The van der Waals surface area contributed by atoms with Gasteiger partial charge in [-0.1, -0.05) is 36.4 Å². The van der Waals surface area contributed by atoms with Crippen molar-refractivity contribution in [2.24, 2.45) is 0 Å². The highest BCUT2D eigenvalue weighted by molar-refractivity contribution is 8.00. The van der Waals surface area contributed by atoms with Gasteiger partial charge in [0.2, 0.25) is 11.8 Å². The molecule has 1 N–H and O–H groups in total. The Hall–Kier alpha value is -2.31. The van der Waals surface area contributed by atoms with Gasteiger partial charge >= 0.3 is 0 Å². The van der Waals surface area contributed by atoms with E-state index in [1.165, 1.54) is 22.9 Å². The minimum Gasteiger partial charge on any atom is -0.353 e. The molecule has 4 rings (SSSR count). The Kier molecular flexibility index (Phi) is 5.65. The molecule has 0 bridgehead atoms. The number of rotatable bonds is 5. The number of hydrogen-bond acceptors (Lipinski definition) is 4. The van der Waals surface area contributed by atoms with E-state index in [9.17, 15) is 9.59 Å². The highest BCUT2D eigenvalue weighted by Crippen LogP contribution is 2.34. The topological polar surface area (TPSA) is 52.7 Å². The molecule has 2 aliphatic rings. The number of hydrogen-bond donors (Lipinski definition) is 1. The van der Waals surface area contributed by atoms with Gasteiger partial charge < -0.3 is 10.2 Å². The average molecular weight is 410 g/mol. The zero-order chi connectivity index (χ0) is 20.4. The normalized spacial score (nSPS) is 16.9. The van der Waals surface area contributed by atoms with Crippen LogP contribution in [0.1, 0.15) is 25.0 Å². The van der Waals surface area contributed by atoms with Crippen molar-refractivity contribution in [3.8, 4) is 0 Å². The summed E-state index contributed by atoms with van der Waals surface area (Å²) >= 11 is 1.53. The quantitative estimate of drug-likeness (QED) is 0.825. The van der Waals surface area contributed by atoms with Gasteiger partial charge in [0, 0.05) is 30.1 Å². The molecule has 6 heteroatoms. The number of carbonyl (C=O) groups excluding carboxylic acids is 2. The van der Waals surface area contributed by atoms with Crippen LogP contribution < -0.4 is 10.2 Å². The molecule has 0 saturated carbocycles. The van der Waals surface area contributed by atoms with Gasteiger partial charge in [0.25, 0.3) is 0 Å². The molecular weight excluding hydrogens is 382 g/mol. The van der Waals surface area contributed by atoms with E-state index in [-0.39, 0.29) is 23.9 Å². The maximum Gasteiger partial charge on any atom is 0.240 e. The molecule has 0 spiro atoms. The van der Waals surface area contributed by atoms with Crippen LogP contribution in [-0.2, 0) is 22.6 Å². The maximum absolute atomic E-state index is 12.7. The van der Waals surface area contributed by atoms with Crippen LogP contribution in [0.25, 0.3) is 0 Å². The summed E-state index contributed by atoms with van der Waals surface area (Å²) in [5.41, 5.74) is 3.45. The second-order valence-electron chi connectivity index (χ2n) is 8.27. The summed E-state index contributed by atoms with van der Waals surface area (Å²) < 4.78 is 0. The first kappa shape index (κ1) is 20.0. The second kappa shape index (κ2) is 8.20. The van der Waals surface area contributed by atoms with E-state index < -0.39 is 0 Å². The first-order valence-corrected chi connectivity index (χ1v) is 11.0. The summed E-state index contributed by atoms with van der Waals surface area (Å²) in [7, 11) is 0. The highest BCUT2D eigenvalue weighted by Gasteiger charge is 2.31. The zero-order valence-corrected chi connectivity index (χ0v) is 17.8. The number of anilines is 1. The smallest absolute Gasteiger partial charge is 0.240 e. The molecule has 2 heterocycles. The van der Waals surface area contributed by atoms with E-state index in [1.807, 2.05) is 24.3 Å². The van der Waals surface area contributed by atoms with Crippen molar-refractivity contribution >= 4 is 29.3 Å². The summed E-state index contributed by atoms with van der Waals surface area (Å²) in [6.45, 7) is 6.82. The summed E-state index contributed by atoms with van der Waals surface area (Å²) in [6, 6.07) is 16.3. The lowest BCUT2D eigenvalue weighted by molar-refractivity contribution is -0.123. The molecule has 0 saturated heterocycles. The molecule has 0 radical (unpaired) electrons. The fourth-order valence-electron chi connectivity index (χ4n) is 3.97. The first-order chi connectivity index (χ1) is 13.9. The largest absolute Gasteiger partial charge is 0.353 e. The number of carbonyl (C=O) groups is 2. The van der Waals surface area contributed by atoms with Crippen molar-refractivity contribution in [1.82, 2.24) is 10.2 Å². The average Bonchev–Trinajstić information content (AvgIpc) is 2.74. The van der Waals surface area contributed by atoms with E-state index in [1.54, 1.807) is 4.90 Å². The van der Waals surface area contributed by atoms with Crippen LogP contribution in [0.2, 0.25) is 0 Å². The van der Waals surface area contributed by atoms with Gasteiger partial charge in [0.1, 0.15) is 6.54 Å². The predicted octanol–water partition coefficient (Wildman–Crippen LogP) is 3.08. The Morgan fingerprint density at radius 1 is 1.10 bits per heavy atom. The Balaban J connectivity index is 1.37. The van der Waals surface area contributed by atoms with Crippen LogP contribution in [0.5, 0.6) is 0 Å². The minimum atomic E-state index is -0.164. The van der Waals surface area contributed by atoms with E-state index in [0.29, 0.717) is 12.3 Å². The third-order valence-electron chi connectivity index (χ3n) is 5.81. The SMILES string of the molecule is CC(C)(CNC(=O)CN1C(=O)CSc2ccccc21)N1CCc2ccccc2C1. The van der Waals surface area contributed by atoms with Crippen molar-refractivity contribution in [2.45, 2.75) is 37.2 Å². The van der Waals surface area contributed by atoms with Gasteiger partial charge in [-0.2, -0.15) is 0 Å². The summed E-state index contributed by atoms with van der Waals surface area (Å²) in [6.07, 6.45) is 1.03. The van der Waals surface area contributed by atoms with Gasteiger partial charge in [0.05, 0.1) is 11.4 Å². The molecule has 2 aromatic rings. The lowest BCUT2D eigenvalue weighted by atomic mass is 9.94. The summed E-state index contributed by atoms with van der Waals surface area (Å²) in [4.78, 5) is 30.1. The van der Waals surface area contributed by atoms with Crippen LogP contribution in [0.3, 0.4) is 0 Å². The Morgan fingerprint density at radius 3 is 2.66 bits per heavy atom. The molecule has 5 nitrogen and oxygen atoms in total. The fraction of sp³-hybridized carbons (Fsp3) is 0.391. The van der Waals surface area contributed by atoms with Gasteiger partial charge in [-0.3, -0.25) is 14.5 Å². The van der Waals surface area contributed by atoms with Gasteiger partial charge in [-0.15, -0.1) is 11.8 Å². The molecule has 29 heavy (non-hydrogen) atoms. The lowest BCUT2D eigenvalue weighted by Gasteiger charge is -2.41.